The molecule has 1 rings (SSSR count). The number of aryl methyl sites for hydroxylation is 1. The van der Waals surface area contributed by atoms with Gasteiger partial charge in [0.05, 0.1) is 7.11 Å². The van der Waals surface area contributed by atoms with Gasteiger partial charge < -0.3 is 10.1 Å². The molecule has 3 heteroatoms. The molecule has 0 aliphatic rings. The number of thiol groups is 1. The van der Waals surface area contributed by atoms with Crippen LogP contribution in [0.1, 0.15) is 37.3 Å². The lowest BCUT2D eigenvalue weighted by atomic mass is 9.99. The molecule has 96 valence electrons. The molecule has 0 spiro atoms. The third kappa shape index (κ3) is 3.84. The van der Waals surface area contributed by atoms with Gasteiger partial charge in [-0.1, -0.05) is 13.8 Å². The summed E-state index contributed by atoms with van der Waals surface area (Å²) >= 11 is 4.22. The molecule has 0 aliphatic heterocycles. The van der Waals surface area contributed by atoms with E-state index in [2.05, 4.69) is 50.8 Å². The Hall–Kier alpha value is -0.830. The van der Waals surface area contributed by atoms with Crippen molar-refractivity contribution < 1.29 is 4.74 Å². The van der Waals surface area contributed by atoms with Crippen molar-refractivity contribution in [3.63, 3.8) is 0 Å². The fourth-order valence-electron chi connectivity index (χ4n) is 1.82. The van der Waals surface area contributed by atoms with Gasteiger partial charge in [0.25, 0.3) is 0 Å². The minimum absolute atomic E-state index is 0.468. The van der Waals surface area contributed by atoms with Gasteiger partial charge in [0.2, 0.25) is 0 Å². The van der Waals surface area contributed by atoms with Crippen molar-refractivity contribution in [3.8, 4) is 5.75 Å². The van der Waals surface area contributed by atoms with Crippen molar-refractivity contribution >= 4 is 18.3 Å². The Labute approximate surface area is 110 Å². The molecular formula is C14H23NOS. The number of hydrogen-bond acceptors (Lipinski definition) is 3. The number of methoxy groups -OCH3 is 1. The van der Waals surface area contributed by atoms with Crippen LogP contribution in [0, 0.1) is 6.92 Å². The minimum atomic E-state index is 0.468. The first-order valence-corrected chi connectivity index (χ1v) is 6.76. The average molecular weight is 253 g/mol. The van der Waals surface area contributed by atoms with Crippen LogP contribution in [0.2, 0.25) is 0 Å². The van der Waals surface area contributed by atoms with Gasteiger partial charge >= 0.3 is 0 Å². The summed E-state index contributed by atoms with van der Waals surface area (Å²) in [6.45, 7) is 7.44. The van der Waals surface area contributed by atoms with E-state index in [1.165, 1.54) is 16.8 Å². The second kappa shape index (κ2) is 6.80. The van der Waals surface area contributed by atoms with Crippen LogP contribution < -0.4 is 10.1 Å². The molecule has 0 fully saturated rings. The lowest BCUT2D eigenvalue weighted by Crippen LogP contribution is -2.05. The van der Waals surface area contributed by atoms with Crippen molar-refractivity contribution in [1.29, 1.82) is 0 Å². The maximum Gasteiger partial charge on any atom is 0.122 e. The van der Waals surface area contributed by atoms with Crippen molar-refractivity contribution in [2.24, 2.45) is 0 Å². The molecule has 0 unspecified atom stereocenters. The number of anilines is 1. The van der Waals surface area contributed by atoms with Crippen LogP contribution in [0.25, 0.3) is 0 Å². The van der Waals surface area contributed by atoms with E-state index in [4.69, 9.17) is 4.74 Å². The first kappa shape index (κ1) is 14.2. The molecule has 17 heavy (non-hydrogen) atoms. The molecule has 1 N–H and O–H groups in total. The summed E-state index contributed by atoms with van der Waals surface area (Å²) in [5.74, 6) is 2.37. The number of benzene rings is 1. The third-order valence-electron chi connectivity index (χ3n) is 2.85. The molecule has 0 heterocycles. The van der Waals surface area contributed by atoms with Crippen LogP contribution in [0.4, 0.5) is 5.69 Å². The van der Waals surface area contributed by atoms with Crippen molar-refractivity contribution in [2.75, 3.05) is 24.7 Å². The normalized spacial score (nSPS) is 10.7. The van der Waals surface area contributed by atoms with Crippen LogP contribution in [0.15, 0.2) is 12.1 Å². The maximum atomic E-state index is 5.43. The Morgan fingerprint density at radius 1 is 1.35 bits per heavy atom. The highest BCUT2D eigenvalue weighted by Gasteiger charge is 2.10. The van der Waals surface area contributed by atoms with Gasteiger partial charge in [0, 0.05) is 12.2 Å². The van der Waals surface area contributed by atoms with Gasteiger partial charge in [-0.15, -0.1) is 0 Å². The summed E-state index contributed by atoms with van der Waals surface area (Å²) in [4.78, 5) is 0. The Morgan fingerprint density at radius 2 is 2.06 bits per heavy atom. The quantitative estimate of drug-likeness (QED) is 0.593. The van der Waals surface area contributed by atoms with E-state index in [0.29, 0.717) is 5.92 Å². The summed E-state index contributed by atoms with van der Waals surface area (Å²) in [5, 5.41) is 3.46. The summed E-state index contributed by atoms with van der Waals surface area (Å²) in [6.07, 6.45) is 1.07. The zero-order valence-corrected chi connectivity index (χ0v) is 12.1. The van der Waals surface area contributed by atoms with Crippen LogP contribution in [-0.2, 0) is 0 Å². The predicted molar refractivity (Wildman–Crippen MR) is 78.8 cm³/mol. The highest BCUT2D eigenvalue weighted by molar-refractivity contribution is 7.80. The largest absolute Gasteiger partial charge is 0.496 e. The van der Waals surface area contributed by atoms with E-state index in [1.807, 2.05) is 0 Å². The minimum Gasteiger partial charge on any atom is -0.496 e. The van der Waals surface area contributed by atoms with Crippen LogP contribution >= 0.6 is 12.6 Å². The second-order valence-electron chi connectivity index (χ2n) is 4.57. The number of ether oxygens (including phenoxy) is 1. The average Bonchev–Trinajstić information content (AvgIpc) is 2.30. The van der Waals surface area contributed by atoms with Crippen LogP contribution in [0.3, 0.4) is 0 Å². The second-order valence-corrected chi connectivity index (χ2v) is 5.01. The summed E-state index contributed by atoms with van der Waals surface area (Å²) in [7, 11) is 1.73. The zero-order chi connectivity index (χ0) is 12.8. The zero-order valence-electron chi connectivity index (χ0n) is 11.2. The summed E-state index contributed by atoms with van der Waals surface area (Å²) in [5.41, 5.74) is 3.69. The summed E-state index contributed by atoms with van der Waals surface area (Å²) < 4.78 is 5.43. The van der Waals surface area contributed by atoms with Crippen molar-refractivity contribution in [1.82, 2.24) is 0 Å². The van der Waals surface area contributed by atoms with Gasteiger partial charge in [-0.05, 0) is 48.3 Å². The molecule has 0 atom stereocenters. The van der Waals surface area contributed by atoms with Crippen molar-refractivity contribution in [3.05, 3.63) is 23.3 Å². The van der Waals surface area contributed by atoms with E-state index in [9.17, 15) is 0 Å². The van der Waals surface area contributed by atoms with Gasteiger partial charge in [-0.2, -0.15) is 12.6 Å². The van der Waals surface area contributed by atoms with E-state index in [1.54, 1.807) is 7.11 Å². The van der Waals surface area contributed by atoms with E-state index in [-0.39, 0.29) is 0 Å². The molecular weight excluding hydrogens is 230 g/mol. The van der Waals surface area contributed by atoms with E-state index < -0.39 is 0 Å². The monoisotopic (exact) mass is 253 g/mol. The molecule has 1 aromatic carbocycles. The summed E-state index contributed by atoms with van der Waals surface area (Å²) in [6, 6.07) is 4.32. The topological polar surface area (TPSA) is 21.3 Å². The standard InChI is InChI=1S/C14H23NOS/c1-10(2)12-9-13(15-6-5-7-17)11(3)8-14(12)16-4/h8-10,15,17H,5-7H2,1-4H3. The molecule has 0 radical (unpaired) electrons. The lowest BCUT2D eigenvalue weighted by molar-refractivity contribution is 0.407. The van der Waals surface area contributed by atoms with Gasteiger partial charge in [-0.3, -0.25) is 0 Å². The molecule has 0 saturated carbocycles. The van der Waals surface area contributed by atoms with Gasteiger partial charge in [-0.25, -0.2) is 0 Å². The number of hydrogen-bond donors (Lipinski definition) is 2. The van der Waals surface area contributed by atoms with Crippen LogP contribution in [0.5, 0.6) is 5.75 Å². The first-order valence-electron chi connectivity index (χ1n) is 6.13. The number of rotatable bonds is 6. The fraction of sp³-hybridized carbons (Fsp3) is 0.571. The van der Waals surface area contributed by atoms with Crippen LogP contribution in [-0.4, -0.2) is 19.4 Å². The van der Waals surface area contributed by atoms with E-state index in [0.717, 1.165) is 24.5 Å². The molecule has 2 nitrogen and oxygen atoms in total. The Kier molecular flexibility index (Phi) is 5.69. The predicted octanol–water partition coefficient (Wildman–Crippen LogP) is 3.86. The molecule has 0 aromatic heterocycles. The van der Waals surface area contributed by atoms with Gasteiger partial charge in [0.15, 0.2) is 0 Å². The number of nitrogens with one attached hydrogen (secondary N) is 1. The fourth-order valence-corrected chi connectivity index (χ4v) is 1.98. The highest BCUT2D eigenvalue weighted by atomic mass is 32.1. The third-order valence-corrected chi connectivity index (χ3v) is 3.17. The lowest BCUT2D eigenvalue weighted by Gasteiger charge is -2.17. The first-order chi connectivity index (χ1) is 8.10. The Balaban J connectivity index is 2.94. The molecule has 0 saturated heterocycles. The molecule has 0 aliphatic carbocycles. The molecule has 0 bridgehead atoms. The van der Waals surface area contributed by atoms with E-state index >= 15 is 0 Å². The van der Waals surface area contributed by atoms with Crippen molar-refractivity contribution in [2.45, 2.75) is 33.1 Å². The molecule has 1 aromatic rings. The molecule has 0 amide bonds. The SMILES string of the molecule is COc1cc(C)c(NCCCS)cc1C(C)C. The van der Waals surface area contributed by atoms with Gasteiger partial charge in [0.1, 0.15) is 5.75 Å². The maximum absolute atomic E-state index is 5.43. The Morgan fingerprint density at radius 3 is 2.59 bits per heavy atom. The highest BCUT2D eigenvalue weighted by Crippen LogP contribution is 2.31. The Bertz CT molecular complexity index is 363. The smallest absolute Gasteiger partial charge is 0.122 e.